The van der Waals surface area contributed by atoms with Crippen molar-refractivity contribution < 1.29 is 9.66 Å². The van der Waals surface area contributed by atoms with E-state index in [9.17, 15) is 10.1 Å². The van der Waals surface area contributed by atoms with E-state index in [2.05, 4.69) is 13.0 Å². The first-order valence-corrected chi connectivity index (χ1v) is 8.95. The minimum absolute atomic E-state index is 0.130. The summed E-state index contributed by atoms with van der Waals surface area (Å²) >= 11 is 1.87. The van der Waals surface area contributed by atoms with E-state index in [1.165, 1.54) is 40.6 Å². The predicted molar refractivity (Wildman–Crippen MR) is 90.1 cm³/mol. The molecule has 1 fully saturated rings. The Kier molecular flexibility index (Phi) is 3.70. The second-order valence-corrected chi connectivity index (χ2v) is 7.76. The predicted octanol–water partition coefficient (Wildman–Crippen LogP) is 5.11. The number of aryl methyl sites for hydroxylation is 1. The van der Waals surface area contributed by atoms with Crippen molar-refractivity contribution in [3.05, 3.63) is 61.3 Å². The first-order chi connectivity index (χ1) is 11.1. The molecule has 4 rings (SSSR count). The van der Waals surface area contributed by atoms with Crippen LogP contribution in [0, 0.1) is 17.0 Å². The summed E-state index contributed by atoms with van der Waals surface area (Å²) in [5, 5.41) is 11.1. The van der Waals surface area contributed by atoms with Crippen LogP contribution in [0.5, 0.6) is 0 Å². The monoisotopic (exact) mass is 329 g/mol. The third-order valence-corrected chi connectivity index (χ3v) is 6.13. The van der Waals surface area contributed by atoms with E-state index in [4.69, 9.17) is 4.74 Å². The molecular formula is C18H19NO3S. The molecule has 2 aromatic rings. The molecule has 23 heavy (non-hydrogen) atoms. The molecule has 1 saturated carbocycles. The summed E-state index contributed by atoms with van der Waals surface area (Å²) in [4.78, 5) is 13.5. The molecule has 0 N–H and O–H groups in total. The summed E-state index contributed by atoms with van der Waals surface area (Å²) < 4.78 is 6.44. The summed E-state index contributed by atoms with van der Waals surface area (Å²) in [6.45, 7) is 2.13. The minimum atomic E-state index is -0.338. The van der Waals surface area contributed by atoms with Gasteiger partial charge in [0.1, 0.15) is 6.10 Å². The Morgan fingerprint density at radius 2 is 2.09 bits per heavy atom. The lowest BCUT2D eigenvalue weighted by molar-refractivity contribution is -0.385. The van der Waals surface area contributed by atoms with Crippen LogP contribution in [-0.2, 0) is 4.74 Å². The fourth-order valence-electron chi connectivity index (χ4n) is 3.91. The van der Waals surface area contributed by atoms with E-state index in [0.29, 0.717) is 5.92 Å². The molecule has 0 bridgehead atoms. The van der Waals surface area contributed by atoms with Crippen molar-refractivity contribution in [2.45, 2.75) is 50.7 Å². The van der Waals surface area contributed by atoms with Gasteiger partial charge in [0.2, 0.25) is 0 Å². The zero-order valence-electron chi connectivity index (χ0n) is 13.0. The summed E-state index contributed by atoms with van der Waals surface area (Å²) in [6, 6.07) is 9.09. The van der Waals surface area contributed by atoms with Crippen LogP contribution in [0.25, 0.3) is 0 Å². The second-order valence-electron chi connectivity index (χ2n) is 6.47. The SMILES string of the molecule is Cc1cc2c(s1)[C@@H]1CCCC[C@@H]1O[C@@H]2c1cccc([N+](=O)[O-])c1. The van der Waals surface area contributed by atoms with Crippen molar-refractivity contribution in [2.24, 2.45) is 0 Å². The summed E-state index contributed by atoms with van der Waals surface area (Å²) in [6.07, 6.45) is 4.84. The molecule has 2 aliphatic rings. The molecule has 0 radical (unpaired) electrons. The number of benzene rings is 1. The van der Waals surface area contributed by atoms with Gasteiger partial charge in [-0.3, -0.25) is 10.1 Å². The van der Waals surface area contributed by atoms with Crippen molar-refractivity contribution in [1.82, 2.24) is 0 Å². The first kappa shape index (κ1) is 14.8. The fourth-order valence-corrected chi connectivity index (χ4v) is 5.15. The first-order valence-electron chi connectivity index (χ1n) is 8.13. The molecule has 0 saturated heterocycles. The number of ether oxygens (including phenoxy) is 1. The van der Waals surface area contributed by atoms with Gasteiger partial charge in [-0.1, -0.05) is 25.0 Å². The standard InChI is InChI=1S/C18H19NO3S/c1-11-9-15-17(12-5-4-6-13(10-12)19(20)21)22-16-8-3-2-7-14(16)18(15)23-11/h4-6,9-10,14,16-17H,2-3,7-8H2,1H3/t14-,16+,17-/m1/s1. The van der Waals surface area contributed by atoms with E-state index in [1.54, 1.807) is 12.1 Å². The third kappa shape index (κ3) is 2.58. The van der Waals surface area contributed by atoms with Gasteiger partial charge < -0.3 is 4.74 Å². The van der Waals surface area contributed by atoms with Crippen molar-refractivity contribution in [3.8, 4) is 0 Å². The molecular weight excluding hydrogens is 310 g/mol. The topological polar surface area (TPSA) is 52.4 Å². The number of nitrogens with zero attached hydrogens (tertiary/aromatic N) is 1. The summed E-state index contributed by atoms with van der Waals surface area (Å²) in [7, 11) is 0. The van der Waals surface area contributed by atoms with Gasteiger partial charge >= 0.3 is 0 Å². The maximum atomic E-state index is 11.1. The molecule has 5 heteroatoms. The van der Waals surface area contributed by atoms with E-state index < -0.39 is 0 Å². The largest absolute Gasteiger partial charge is 0.365 e. The number of nitro benzene ring substituents is 1. The molecule has 1 aliphatic carbocycles. The van der Waals surface area contributed by atoms with Gasteiger partial charge in [0.05, 0.1) is 11.0 Å². The molecule has 120 valence electrons. The van der Waals surface area contributed by atoms with E-state index in [1.807, 2.05) is 17.4 Å². The maximum Gasteiger partial charge on any atom is 0.269 e. The average molecular weight is 329 g/mol. The van der Waals surface area contributed by atoms with Crippen LogP contribution in [0.3, 0.4) is 0 Å². The molecule has 1 aromatic carbocycles. The zero-order valence-corrected chi connectivity index (χ0v) is 13.8. The van der Waals surface area contributed by atoms with Crippen LogP contribution in [0.1, 0.15) is 58.6 Å². The van der Waals surface area contributed by atoms with E-state index in [-0.39, 0.29) is 22.8 Å². The highest BCUT2D eigenvalue weighted by Gasteiger charge is 2.39. The molecule has 1 aliphatic heterocycles. The Hall–Kier alpha value is -1.72. The van der Waals surface area contributed by atoms with E-state index >= 15 is 0 Å². The van der Waals surface area contributed by atoms with Crippen LogP contribution in [0.15, 0.2) is 30.3 Å². The Bertz CT molecular complexity index is 754. The third-order valence-electron chi connectivity index (χ3n) is 4.93. The highest BCUT2D eigenvalue weighted by atomic mass is 32.1. The molecule has 1 aromatic heterocycles. The van der Waals surface area contributed by atoms with Crippen LogP contribution in [0.4, 0.5) is 5.69 Å². The molecule has 2 heterocycles. The smallest absolute Gasteiger partial charge is 0.269 e. The van der Waals surface area contributed by atoms with Crippen molar-refractivity contribution in [3.63, 3.8) is 0 Å². The Morgan fingerprint density at radius 3 is 2.91 bits per heavy atom. The number of fused-ring (bicyclic) bond motifs is 3. The molecule has 0 unspecified atom stereocenters. The highest BCUT2D eigenvalue weighted by Crippen LogP contribution is 2.50. The number of non-ortho nitro benzene ring substituents is 1. The van der Waals surface area contributed by atoms with Gasteiger partial charge in [-0.15, -0.1) is 11.3 Å². The van der Waals surface area contributed by atoms with Crippen LogP contribution < -0.4 is 0 Å². The second kappa shape index (κ2) is 5.73. The zero-order chi connectivity index (χ0) is 16.0. The lowest BCUT2D eigenvalue weighted by atomic mass is 9.80. The van der Waals surface area contributed by atoms with Crippen molar-refractivity contribution >= 4 is 17.0 Å². The summed E-state index contributed by atoms with van der Waals surface area (Å²) in [5.41, 5.74) is 2.24. The van der Waals surface area contributed by atoms with Gasteiger partial charge in [0.25, 0.3) is 5.69 Å². The lowest BCUT2D eigenvalue weighted by Gasteiger charge is -2.39. The minimum Gasteiger partial charge on any atom is -0.365 e. The Morgan fingerprint density at radius 1 is 1.26 bits per heavy atom. The van der Waals surface area contributed by atoms with Crippen LogP contribution >= 0.6 is 11.3 Å². The van der Waals surface area contributed by atoms with Gasteiger partial charge in [-0.25, -0.2) is 0 Å². The van der Waals surface area contributed by atoms with Gasteiger partial charge in [0.15, 0.2) is 0 Å². The van der Waals surface area contributed by atoms with E-state index in [0.717, 1.165) is 12.0 Å². The number of thiophene rings is 1. The normalized spacial score (nSPS) is 26.4. The van der Waals surface area contributed by atoms with Crippen molar-refractivity contribution in [2.75, 3.05) is 0 Å². The number of hydrogen-bond acceptors (Lipinski definition) is 4. The number of rotatable bonds is 2. The molecule has 3 atom stereocenters. The lowest BCUT2D eigenvalue weighted by Crippen LogP contribution is -2.32. The van der Waals surface area contributed by atoms with Crippen LogP contribution in [-0.4, -0.2) is 11.0 Å². The van der Waals surface area contributed by atoms with Crippen LogP contribution in [0.2, 0.25) is 0 Å². The van der Waals surface area contributed by atoms with Gasteiger partial charge in [-0.05, 0) is 37.0 Å². The summed E-state index contributed by atoms with van der Waals surface area (Å²) in [5.74, 6) is 0.507. The quantitative estimate of drug-likeness (QED) is 0.568. The highest BCUT2D eigenvalue weighted by molar-refractivity contribution is 7.12. The van der Waals surface area contributed by atoms with Crippen molar-refractivity contribution in [1.29, 1.82) is 0 Å². The van der Waals surface area contributed by atoms with Gasteiger partial charge in [0, 0.05) is 27.8 Å². The van der Waals surface area contributed by atoms with Gasteiger partial charge in [-0.2, -0.15) is 0 Å². The Balaban J connectivity index is 1.79. The number of hydrogen-bond donors (Lipinski definition) is 0. The fraction of sp³-hybridized carbons (Fsp3) is 0.444. The average Bonchev–Trinajstić information content (AvgIpc) is 2.96. The Labute approximate surface area is 139 Å². The molecule has 0 amide bonds. The maximum absolute atomic E-state index is 11.1. The number of nitro groups is 1. The molecule has 0 spiro atoms. The molecule has 4 nitrogen and oxygen atoms in total.